The first-order valence-electron chi connectivity index (χ1n) is 4.87. The monoisotopic (exact) mass is 185 g/mol. The fourth-order valence-electron chi connectivity index (χ4n) is 1.69. The largest absolute Gasteiger partial charge is 0.368 e. The number of carbonyl (C=O) groups excluding carboxylic acids is 1. The van der Waals surface area contributed by atoms with E-state index in [9.17, 15) is 4.79 Å². The van der Waals surface area contributed by atoms with Gasteiger partial charge in [0.1, 0.15) is 0 Å². The van der Waals surface area contributed by atoms with Gasteiger partial charge in [0.25, 0.3) is 0 Å². The number of hydrogen-bond acceptors (Lipinski definition) is 3. The summed E-state index contributed by atoms with van der Waals surface area (Å²) in [7, 11) is 2.08. The number of nitrogens with one attached hydrogen (secondary N) is 1. The van der Waals surface area contributed by atoms with E-state index in [1.807, 2.05) is 0 Å². The molecule has 0 saturated carbocycles. The van der Waals surface area contributed by atoms with Gasteiger partial charge in [0.05, 0.1) is 6.04 Å². The van der Waals surface area contributed by atoms with Crippen LogP contribution in [0.5, 0.6) is 0 Å². The summed E-state index contributed by atoms with van der Waals surface area (Å²) in [6.07, 6.45) is 1.94. The van der Waals surface area contributed by atoms with Gasteiger partial charge in [-0.15, -0.1) is 0 Å². The van der Waals surface area contributed by atoms with Gasteiger partial charge in [-0.1, -0.05) is 6.92 Å². The molecule has 0 radical (unpaired) electrons. The Kier molecular flexibility index (Phi) is 3.69. The SMILES string of the molecule is CCN(C)CC1CCC(C(N)=O)N1. The number of amides is 1. The van der Waals surface area contributed by atoms with Gasteiger partial charge in [-0.2, -0.15) is 0 Å². The van der Waals surface area contributed by atoms with Crippen molar-refractivity contribution >= 4 is 5.91 Å². The maximum atomic E-state index is 10.8. The quantitative estimate of drug-likeness (QED) is 0.623. The van der Waals surface area contributed by atoms with Crippen molar-refractivity contribution in [2.75, 3.05) is 20.1 Å². The molecule has 3 N–H and O–H groups in total. The maximum absolute atomic E-state index is 10.8. The predicted octanol–water partition coefficient (Wildman–Crippen LogP) is -0.456. The lowest BCUT2D eigenvalue weighted by Gasteiger charge is -2.19. The summed E-state index contributed by atoms with van der Waals surface area (Å²) in [5.74, 6) is -0.221. The lowest BCUT2D eigenvalue weighted by atomic mass is 10.2. The Bertz CT molecular complexity index is 184. The molecule has 13 heavy (non-hydrogen) atoms. The second-order valence-electron chi connectivity index (χ2n) is 3.75. The lowest BCUT2D eigenvalue weighted by molar-refractivity contribution is -0.119. The van der Waals surface area contributed by atoms with Gasteiger partial charge in [0.15, 0.2) is 0 Å². The van der Waals surface area contributed by atoms with Crippen molar-refractivity contribution in [3.05, 3.63) is 0 Å². The van der Waals surface area contributed by atoms with Crippen molar-refractivity contribution in [3.8, 4) is 0 Å². The molecule has 1 rings (SSSR count). The lowest BCUT2D eigenvalue weighted by Crippen LogP contribution is -2.43. The second-order valence-corrected chi connectivity index (χ2v) is 3.75. The minimum atomic E-state index is -0.221. The van der Waals surface area contributed by atoms with Gasteiger partial charge in [-0.05, 0) is 26.4 Å². The highest BCUT2D eigenvalue weighted by Gasteiger charge is 2.27. The predicted molar refractivity (Wildman–Crippen MR) is 52.3 cm³/mol. The summed E-state index contributed by atoms with van der Waals surface area (Å²) in [5.41, 5.74) is 5.21. The highest BCUT2D eigenvalue weighted by atomic mass is 16.1. The molecule has 0 aliphatic carbocycles. The molecule has 2 unspecified atom stereocenters. The van der Waals surface area contributed by atoms with Gasteiger partial charge in [0, 0.05) is 12.6 Å². The van der Waals surface area contributed by atoms with Crippen molar-refractivity contribution < 1.29 is 4.79 Å². The molecular formula is C9H19N3O. The van der Waals surface area contributed by atoms with E-state index in [1.165, 1.54) is 0 Å². The smallest absolute Gasteiger partial charge is 0.234 e. The molecule has 0 bridgehead atoms. The van der Waals surface area contributed by atoms with Crippen LogP contribution in [0.2, 0.25) is 0 Å². The third-order valence-corrected chi connectivity index (χ3v) is 2.66. The van der Waals surface area contributed by atoms with Crippen LogP contribution in [0.4, 0.5) is 0 Å². The van der Waals surface area contributed by atoms with Crippen LogP contribution < -0.4 is 11.1 Å². The normalized spacial score (nSPS) is 28.2. The van der Waals surface area contributed by atoms with E-state index in [1.54, 1.807) is 0 Å². The standard InChI is InChI=1S/C9H19N3O/c1-3-12(2)6-7-4-5-8(11-7)9(10)13/h7-8,11H,3-6H2,1-2H3,(H2,10,13). The molecule has 0 aromatic heterocycles. The zero-order chi connectivity index (χ0) is 9.84. The Labute approximate surface area is 79.5 Å². The zero-order valence-corrected chi connectivity index (χ0v) is 8.42. The number of rotatable bonds is 4. The molecule has 1 heterocycles. The molecule has 1 amide bonds. The third-order valence-electron chi connectivity index (χ3n) is 2.66. The number of nitrogens with zero attached hydrogens (tertiary/aromatic N) is 1. The van der Waals surface area contributed by atoms with Crippen molar-refractivity contribution in [2.24, 2.45) is 5.73 Å². The minimum Gasteiger partial charge on any atom is -0.368 e. The van der Waals surface area contributed by atoms with E-state index < -0.39 is 0 Å². The molecule has 0 aromatic rings. The summed E-state index contributed by atoms with van der Waals surface area (Å²) in [5, 5.41) is 3.24. The Morgan fingerprint density at radius 3 is 2.77 bits per heavy atom. The van der Waals surface area contributed by atoms with Gasteiger partial charge >= 0.3 is 0 Å². The van der Waals surface area contributed by atoms with Crippen LogP contribution in [-0.2, 0) is 4.79 Å². The summed E-state index contributed by atoms with van der Waals surface area (Å²) in [4.78, 5) is 13.1. The van der Waals surface area contributed by atoms with E-state index in [-0.39, 0.29) is 11.9 Å². The first-order valence-corrected chi connectivity index (χ1v) is 4.87. The van der Waals surface area contributed by atoms with Crippen molar-refractivity contribution in [3.63, 3.8) is 0 Å². The van der Waals surface area contributed by atoms with E-state index in [0.717, 1.165) is 25.9 Å². The summed E-state index contributed by atoms with van der Waals surface area (Å²) in [6.45, 7) is 4.17. The molecule has 1 aliphatic heterocycles. The van der Waals surface area contributed by atoms with Crippen LogP contribution in [0, 0.1) is 0 Å². The van der Waals surface area contributed by atoms with Crippen LogP contribution in [0.25, 0.3) is 0 Å². The maximum Gasteiger partial charge on any atom is 0.234 e. The van der Waals surface area contributed by atoms with Gasteiger partial charge in [0.2, 0.25) is 5.91 Å². The highest BCUT2D eigenvalue weighted by molar-refractivity contribution is 5.80. The van der Waals surface area contributed by atoms with E-state index in [4.69, 9.17) is 5.73 Å². The topological polar surface area (TPSA) is 58.4 Å². The number of likely N-dealkylation sites (N-methyl/N-ethyl adjacent to an activating group) is 1. The second kappa shape index (κ2) is 4.58. The number of hydrogen-bond donors (Lipinski definition) is 2. The molecule has 2 atom stereocenters. The number of nitrogens with two attached hydrogens (primary N) is 1. The summed E-state index contributed by atoms with van der Waals surface area (Å²) >= 11 is 0. The van der Waals surface area contributed by atoms with Crippen LogP contribution in [0.15, 0.2) is 0 Å². The molecule has 1 saturated heterocycles. The molecule has 4 nitrogen and oxygen atoms in total. The third kappa shape index (κ3) is 2.97. The Morgan fingerprint density at radius 1 is 1.62 bits per heavy atom. The first-order chi connectivity index (χ1) is 6.13. The number of primary amides is 1. The Hall–Kier alpha value is -0.610. The fourth-order valence-corrected chi connectivity index (χ4v) is 1.69. The molecule has 1 fully saturated rings. The van der Waals surface area contributed by atoms with Crippen molar-refractivity contribution in [1.82, 2.24) is 10.2 Å². The molecule has 76 valence electrons. The average molecular weight is 185 g/mol. The molecule has 0 aromatic carbocycles. The van der Waals surface area contributed by atoms with E-state index in [0.29, 0.717) is 6.04 Å². The summed E-state index contributed by atoms with van der Waals surface area (Å²) in [6, 6.07) is 0.331. The zero-order valence-electron chi connectivity index (χ0n) is 8.42. The van der Waals surface area contributed by atoms with E-state index in [2.05, 4.69) is 24.2 Å². The fraction of sp³-hybridized carbons (Fsp3) is 0.889. The van der Waals surface area contributed by atoms with Gasteiger partial charge in [-0.25, -0.2) is 0 Å². The van der Waals surface area contributed by atoms with Crippen molar-refractivity contribution in [2.45, 2.75) is 31.8 Å². The van der Waals surface area contributed by atoms with Crippen molar-refractivity contribution in [1.29, 1.82) is 0 Å². The molecule has 4 heteroatoms. The number of carbonyl (C=O) groups is 1. The van der Waals surface area contributed by atoms with Crippen LogP contribution in [-0.4, -0.2) is 43.0 Å². The van der Waals surface area contributed by atoms with E-state index >= 15 is 0 Å². The van der Waals surface area contributed by atoms with Crippen LogP contribution in [0.3, 0.4) is 0 Å². The molecule has 0 spiro atoms. The average Bonchev–Trinajstić information content (AvgIpc) is 2.52. The van der Waals surface area contributed by atoms with Crippen LogP contribution >= 0.6 is 0 Å². The molecular weight excluding hydrogens is 166 g/mol. The summed E-state index contributed by atoms with van der Waals surface area (Å²) < 4.78 is 0. The Morgan fingerprint density at radius 2 is 2.31 bits per heavy atom. The molecule has 1 aliphatic rings. The first kappa shape index (κ1) is 10.5. The minimum absolute atomic E-state index is 0.102. The highest BCUT2D eigenvalue weighted by Crippen LogP contribution is 2.12. The Balaban J connectivity index is 2.29. The van der Waals surface area contributed by atoms with Crippen LogP contribution in [0.1, 0.15) is 19.8 Å². The van der Waals surface area contributed by atoms with Gasteiger partial charge < -0.3 is 16.0 Å². The van der Waals surface area contributed by atoms with Gasteiger partial charge in [-0.3, -0.25) is 4.79 Å².